The van der Waals surface area contributed by atoms with Gasteiger partial charge in [0.05, 0.1) is 6.61 Å². The smallest absolute Gasteiger partial charge is 0.306 e. The van der Waals surface area contributed by atoms with Gasteiger partial charge in [-0.05, 0) is 96.3 Å². The van der Waals surface area contributed by atoms with Crippen molar-refractivity contribution in [2.75, 3.05) is 19.8 Å². The van der Waals surface area contributed by atoms with Crippen molar-refractivity contribution in [1.29, 1.82) is 0 Å². The lowest BCUT2D eigenvalue weighted by atomic mass is 10.1. The predicted octanol–water partition coefficient (Wildman–Crippen LogP) is 16.7. The van der Waals surface area contributed by atoms with Gasteiger partial charge in [0.15, 0.2) is 6.10 Å². The Morgan fingerprint density at radius 2 is 0.767 bits per heavy atom. The van der Waals surface area contributed by atoms with Crippen molar-refractivity contribution in [3.8, 4) is 0 Å². The number of hydrogen-bond acceptors (Lipinski definition) is 5. The Kier molecular flexibility index (Phi) is 47.5. The van der Waals surface area contributed by atoms with E-state index < -0.39 is 6.10 Å². The van der Waals surface area contributed by atoms with Gasteiger partial charge in [0.1, 0.15) is 6.61 Å². The van der Waals surface area contributed by atoms with Crippen molar-refractivity contribution in [1.82, 2.24) is 0 Å². The minimum atomic E-state index is -0.573. The maximum Gasteiger partial charge on any atom is 0.306 e. The second-order valence-corrected chi connectivity index (χ2v) is 16.0. The Hall–Kier alpha value is -3.18. The summed E-state index contributed by atoms with van der Waals surface area (Å²) in [5, 5.41) is 0. The first kappa shape index (κ1) is 56.8. The van der Waals surface area contributed by atoms with Crippen molar-refractivity contribution >= 4 is 11.9 Å². The van der Waals surface area contributed by atoms with Crippen LogP contribution in [0.3, 0.4) is 0 Å². The van der Waals surface area contributed by atoms with Crippen LogP contribution in [-0.4, -0.2) is 37.9 Å². The Balaban J connectivity index is 4.30. The zero-order valence-electron chi connectivity index (χ0n) is 39.2. The van der Waals surface area contributed by atoms with Crippen LogP contribution < -0.4 is 0 Å². The number of unbranched alkanes of at least 4 members (excludes halogenated alkanes) is 17. The average Bonchev–Trinajstić information content (AvgIpc) is 3.25. The van der Waals surface area contributed by atoms with Crippen molar-refractivity contribution in [2.24, 2.45) is 0 Å². The van der Waals surface area contributed by atoms with Crippen molar-refractivity contribution in [3.05, 3.63) is 97.2 Å². The molecule has 0 saturated carbocycles. The van der Waals surface area contributed by atoms with E-state index in [1.807, 2.05) is 0 Å². The quantitative estimate of drug-likeness (QED) is 0.0348. The molecular weight excluding hydrogens is 741 g/mol. The van der Waals surface area contributed by atoms with E-state index in [4.69, 9.17) is 14.2 Å². The summed E-state index contributed by atoms with van der Waals surface area (Å²) in [7, 11) is 0. The molecule has 0 aromatic heterocycles. The summed E-state index contributed by atoms with van der Waals surface area (Å²) in [6, 6.07) is 0. The van der Waals surface area contributed by atoms with Crippen LogP contribution in [0.15, 0.2) is 97.2 Å². The van der Waals surface area contributed by atoms with Gasteiger partial charge in [-0.25, -0.2) is 0 Å². The molecule has 0 fully saturated rings. The first-order valence-electron chi connectivity index (χ1n) is 24.8. The summed E-state index contributed by atoms with van der Waals surface area (Å²) < 4.78 is 17.3. The maximum atomic E-state index is 12.7. The zero-order chi connectivity index (χ0) is 43.5. The number of allylic oxidation sites excluding steroid dienone is 16. The lowest BCUT2D eigenvalue weighted by molar-refractivity contribution is -0.162. The molecule has 0 aliphatic heterocycles. The summed E-state index contributed by atoms with van der Waals surface area (Å²) in [5.41, 5.74) is 0. The number of ether oxygens (including phenoxy) is 3. The van der Waals surface area contributed by atoms with Gasteiger partial charge >= 0.3 is 11.9 Å². The fraction of sp³-hybridized carbons (Fsp3) is 0.673. The van der Waals surface area contributed by atoms with Crippen molar-refractivity contribution in [3.63, 3.8) is 0 Å². The van der Waals surface area contributed by atoms with Gasteiger partial charge in [-0.3, -0.25) is 9.59 Å². The van der Waals surface area contributed by atoms with E-state index >= 15 is 0 Å². The standard InChI is InChI=1S/C55H92O5/c1-4-7-10-13-16-19-21-23-25-27-28-30-31-33-35-37-39-42-45-48-54(56)59-52-53(51-58-50-47-44-41-18-15-12-9-6-3)60-55(57)49-46-43-40-38-36-34-32-29-26-24-22-20-17-14-11-8-5-2/h8,11,16-17,19-20,23-26,28,30,32,34,38,40,53H,4-7,9-10,12-15,18,21-22,27,29,31,33,35-37,39,41-52H2,1-3H3/b11-8-,19-16-,20-17-,25-23-,26-24-,30-28-,34-32-,40-38-. The van der Waals surface area contributed by atoms with Gasteiger partial charge in [0, 0.05) is 19.4 Å². The number of hydrogen-bond donors (Lipinski definition) is 0. The van der Waals surface area contributed by atoms with Gasteiger partial charge in [0.2, 0.25) is 0 Å². The lowest BCUT2D eigenvalue weighted by Gasteiger charge is -2.18. The molecule has 0 saturated heterocycles. The SMILES string of the molecule is CC/C=C\C/C=C\C/C=C\C/C=C\C/C=C\CCCC(=O)OC(COCCCCCCCCCC)COC(=O)CCCCCCCC/C=C\C/C=C\C/C=C\CCCCC. The second-order valence-electron chi connectivity index (χ2n) is 16.0. The van der Waals surface area contributed by atoms with Crippen molar-refractivity contribution in [2.45, 2.75) is 219 Å². The van der Waals surface area contributed by atoms with E-state index in [1.54, 1.807) is 0 Å². The molecule has 0 aromatic carbocycles. The molecule has 1 unspecified atom stereocenters. The summed E-state index contributed by atoms with van der Waals surface area (Å²) >= 11 is 0. The molecule has 5 heteroatoms. The third-order valence-electron chi connectivity index (χ3n) is 10.1. The van der Waals surface area contributed by atoms with E-state index in [0.29, 0.717) is 19.4 Å². The minimum Gasteiger partial charge on any atom is -0.462 e. The molecule has 0 N–H and O–H groups in total. The van der Waals surface area contributed by atoms with Gasteiger partial charge in [-0.15, -0.1) is 0 Å². The van der Waals surface area contributed by atoms with E-state index in [1.165, 1.54) is 83.5 Å². The highest BCUT2D eigenvalue weighted by Gasteiger charge is 2.17. The average molecular weight is 833 g/mol. The molecule has 0 amide bonds. The van der Waals surface area contributed by atoms with Gasteiger partial charge in [-0.2, -0.15) is 0 Å². The molecule has 60 heavy (non-hydrogen) atoms. The molecular formula is C55H92O5. The molecule has 0 rings (SSSR count). The first-order valence-corrected chi connectivity index (χ1v) is 24.8. The second kappa shape index (κ2) is 50.2. The fourth-order valence-electron chi connectivity index (χ4n) is 6.43. The molecule has 342 valence electrons. The third kappa shape index (κ3) is 47.5. The van der Waals surface area contributed by atoms with E-state index in [0.717, 1.165) is 96.3 Å². The van der Waals surface area contributed by atoms with Crippen LogP contribution in [0.2, 0.25) is 0 Å². The normalized spacial score (nSPS) is 13.1. The summed E-state index contributed by atoms with van der Waals surface area (Å²) in [4.78, 5) is 25.3. The molecule has 0 radical (unpaired) electrons. The highest BCUT2D eigenvalue weighted by atomic mass is 16.6. The monoisotopic (exact) mass is 833 g/mol. The Bertz CT molecular complexity index is 1170. The Labute approximate surface area is 371 Å². The van der Waals surface area contributed by atoms with E-state index in [-0.39, 0.29) is 25.2 Å². The molecule has 0 aromatic rings. The minimum absolute atomic E-state index is 0.0518. The Morgan fingerprint density at radius 1 is 0.383 bits per heavy atom. The summed E-state index contributed by atoms with van der Waals surface area (Å²) in [5.74, 6) is -0.484. The molecule has 0 bridgehead atoms. The third-order valence-corrected chi connectivity index (χ3v) is 10.1. The zero-order valence-corrected chi connectivity index (χ0v) is 39.2. The molecule has 0 heterocycles. The molecule has 0 spiro atoms. The van der Waals surface area contributed by atoms with Gasteiger partial charge in [-0.1, -0.05) is 201 Å². The van der Waals surface area contributed by atoms with Crippen LogP contribution in [0, 0.1) is 0 Å². The summed E-state index contributed by atoms with van der Waals surface area (Å²) in [6.45, 7) is 7.59. The fourth-order valence-corrected chi connectivity index (χ4v) is 6.43. The molecule has 0 aliphatic rings. The van der Waals surface area contributed by atoms with Crippen LogP contribution in [0.1, 0.15) is 213 Å². The number of carbonyl (C=O) groups excluding carboxylic acids is 2. The summed E-state index contributed by atoms with van der Waals surface area (Å²) in [6.07, 6.45) is 67.0. The lowest BCUT2D eigenvalue weighted by Crippen LogP contribution is -2.30. The number of esters is 2. The number of carbonyl (C=O) groups is 2. The molecule has 0 aliphatic carbocycles. The topological polar surface area (TPSA) is 61.8 Å². The van der Waals surface area contributed by atoms with E-state index in [9.17, 15) is 9.59 Å². The van der Waals surface area contributed by atoms with Crippen LogP contribution >= 0.6 is 0 Å². The largest absolute Gasteiger partial charge is 0.462 e. The highest BCUT2D eigenvalue weighted by Crippen LogP contribution is 2.12. The van der Waals surface area contributed by atoms with Crippen LogP contribution in [0.5, 0.6) is 0 Å². The van der Waals surface area contributed by atoms with Crippen LogP contribution in [-0.2, 0) is 23.8 Å². The van der Waals surface area contributed by atoms with Crippen LogP contribution in [0.4, 0.5) is 0 Å². The van der Waals surface area contributed by atoms with E-state index in [2.05, 4.69) is 118 Å². The van der Waals surface area contributed by atoms with Gasteiger partial charge in [0.25, 0.3) is 0 Å². The number of rotatable bonds is 44. The Morgan fingerprint density at radius 3 is 1.28 bits per heavy atom. The highest BCUT2D eigenvalue weighted by molar-refractivity contribution is 5.70. The maximum absolute atomic E-state index is 12.7. The van der Waals surface area contributed by atoms with Gasteiger partial charge < -0.3 is 14.2 Å². The molecule has 1 atom stereocenters. The van der Waals surface area contributed by atoms with Crippen molar-refractivity contribution < 1.29 is 23.8 Å². The first-order chi connectivity index (χ1) is 29.6. The molecule has 5 nitrogen and oxygen atoms in total. The van der Waals surface area contributed by atoms with Crippen LogP contribution in [0.25, 0.3) is 0 Å². The predicted molar refractivity (Wildman–Crippen MR) is 260 cm³/mol.